The van der Waals surface area contributed by atoms with Crippen molar-refractivity contribution in [3.05, 3.63) is 106 Å². The Morgan fingerprint density at radius 3 is 2.12 bits per heavy atom. The molecule has 0 atom stereocenters. The lowest BCUT2D eigenvalue weighted by molar-refractivity contribution is 0.249. The summed E-state index contributed by atoms with van der Waals surface area (Å²) in [7, 11) is 0. The minimum Gasteiger partial charge on any atom is -0.304 e. The van der Waals surface area contributed by atoms with Crippen molar-refractivity contribution < 1.29 is 8.78 Å². The monoisotopic (exact) mass is 460 g/mol. The molecule has 1 fully saturated rings. The number of nitrogens with one attached hydrogen (secondary N) is 1. The van der Waals surface area contributed by atoms with Gasteiger partial charge in [-0.15, -0.1) is 0 Å². The van der Waals surface area contributed by atoms with Crippen molar-refractivity contribution in [3.8, 4) is 0 Å². The van der Waals surface area contributed by atoms with Gasteiger partial charge < -0.3 is 9.88 Å². The van der Waals surface area contributed by atoms with Crippen LogP contribution in [0.15, 0.2) is 77.2 Å². The number of hydrogen-bond acceptors (Lipinski definition) is 3. The number of H-pyrrole nitrogens is 1. The minimum absolute atomic E-state index is 0.124. The summed E-state index contributed by atoms with van der Waals surface area (Å²) in [5.41, 5.74) is 5.59. The van der Waals surface area contributed by atoms with Crippen LogP contribution in [0.25, 0.3) is 16.7 Å². The van der Waals surface area contributed by atoms with Crippen LogP contribution >= 0.6 is 0 Å². The third kappa shape index (κ3) is 4.70. The van der Waals surface area contributed by atoms with Crippen LogP contribution in [0.4, 0.5) is 8.78 Å². The average molecular weight is 461 g/mol. The van der Waals surface area contributed by atoms with E-state index in [1.54, 1.807) is 35.0 Å². The number of likely N-dealkylation sites (tertiary alicyclic amines) is 1. The maximum Gasteiger partial charge on any atom is 0.327 e. The second-order valence-corrected chi connectivity index (χ2v) is 8.64. The van der Waals surface area contributed by atoms with Crippen LogP contribution in [0.5, 0.6) is 0 Å². The van der Waals surface area contributed by atoms with Crippen molar-refractivity contribution in [3.63, 3.8) is 0 Å². The number of aryl methyl sites for hydroxylation is 1. The van der Waals surface area contributed by atoms with E-state index in [4.69, 9.17) is 0 Å². The molecule has 0 aliphatic carbocycles. The zero-order chi connectivity index (χ0) is 23.5. The molecule has 0 saturated carbocycles. The number of fused-ring (bicyclic) bond motifs is 1. The second-order valence-electron chi connectivity index (χ2n) is 8.64. The van der Waals surface area contributed by atoms with Gasteiger partial charge in [-0.1, -0.05) is 29.8 Å². The molecule has 2 aromatic heterocycles. The normalized spacial score (nSPS) is 14.6. The van der Waals surface area contributed by atoms with E-state index in [0.717, 1.165) is 61.1 Å². The van der Waals surface area contributed by atoms with Crippen molar-refractivity contribution in [2.24, 2.45) is 0 Å². The number of hydrogen-bond donors (Lipinski definition) is 1. The molecule has 0 unspecified atom stereocenters. The first-order valence-electron chi connectivity index (χ1n) is 11.6. The molecule has 0 bridgehead atoms. The van der Waals surface area contributed by atoms with Crippen molar-refractivity contribution >= 4 is 16.7 Å². The standard InChI is InChI=1S/C27H26F2N4O/c28-22-8-4-19(5-9-22)25(20-6-10-23(29)11-7-20)21-12-17-32(18-13-21)15-2-16-33-26-24(31-27(33)34)3-1-14-30-26/h1,3-11,14H,2,12-13,15-18H2,(H,31,34). The summed E-state index contributed by atoms with van der Waals surface area (Å²) < 4.78 is 28.8. The fraction of sp³-hybridized carbons (Fsp3) is 0.259. The first-order valence-corrected chi connectivity index (χ1v) is 11.6. The summed E-state index contributed by atoms with van der Waals surface area (Å²) in [5, 5.41) is 0. The largest absolute Gasteiger partial charge is 0.327 e. The van der Waals surface area contributed by atoms with Crippen LogP contribution in [0.3, 0.4) is 0 Å². The molecule has 2 aromatic carbocycles. The van der Waals surface area contributed by atoms with Crippen LogP contribution in [-0.4, -0.2) is 39.1 Å². The molecule has 5 rings (SSSR count). The fourth-order valence-corrected chi connectivity index (χ4v) is 4.75. The first kappa shape index (κ1) is 22.2. The molecule has 1 aliphatic rings. The van der Waals surface area contributed by atoms with Crippen LogP contribution < -0.4 is 5.69 Å². The maximum atomic E-state index is 13.5. The van der Waals surface area contributed by atoms with Crippen LogP contribution in [0.1, 0.15) is 30.4 Å². The number of imidazole rings is 1. The minimum atomic E-state index is -0.272. The van der Waals surface area contributed by atoms with Gasteiger partial charge in [0.1, 0.15) is 11.6 Å². The molecule has 5 nitrogen and oxygen atoms in total. The van der Waals surface area contributed by atoms with Gasteiger partial charge in [0.25, 0.3) is 0 Å². The summed E-state index contributed by atoms with van der Waals surface area (Å²) in [6.45, 7) is 3.32. The van der Waals surface area contributed by atoms with Gasteiger partial charge in [0.15, 0.2) is 5.65 Å². The van der Waals surface area contributed by atoms with Crippen LogP contribution in [0.2, 0.25) is 0 Å². The fourth-order valence-electron chi connectivity index (χ4n) is 4.75. The van der Waals surface area contributed by atoms with Crippen molar-refractivity contribution in [1.29, 1.82) is 0 Å². The number of halogens is 2. The maximum absolute atomic E-state index is 13.5. The average Bonchev–Trinajstić information content (AvgIpc) is 3.17. The number of nitrogens with zero attached hydrogens (tertiary/aromatic N) is 3. The molecule has 1 N–H and O–H groups in total. The summed E-state index contributed by atoms with van der Waals surface area (Å²) in [6, 6.07) is 16.7. The number of pyridine rings is 1. The smallest absolute Gasteiger partial charge is 0.304 e. The van der Waals surface area contributed by atoms with E-state index in [1.807, 2.05) is 12.1 Å². The molecule has 34 heavy (non-hydrogen) atoms. The van der Waals surface area contributed by atoms with Gasteiger partial charge in [0.2, 0.25) is 0 Å². The van der Waals surface area contributed by atoms with Crippen molar-refractivity contribution in [1.82, 2.24) is 19.4 Å². The Morgan fingerprint density at radius 1 is 0.882 bits per heavy atom. The van der Waals surface area contributed by atoms with Gasteiger partial charge >= 0.3 is 5.69 Å². The third-order valence-electron chi connectivity index (χ3n) is 6.46. The highest BCUT2D eigenvalue weighted by molar-refractivity contribution is 5.82. The molecule has 0 radical (unpaired) electrons. The topological polar surface area (TPSA) is 53.9 Å². The van der Waals surface area contributed by atoms with Gasteiger partial charge in [0, 0.05) is 25.8 Å². The predicted molar refractivity (Wildman–Crippen MR) is 129 cm³/mol. The first-order chi connectivity index (χ1) is 16.6. The van der Waals surface area contributed by atoms with Gasteiger partial charge in [0.05, 0.1) is 5.52 Å². The highest BCUT2D eigenvalue weighted by Gasteiger charge is 2.19. The molecule has 3 heterocycles. The lowest BCUT2D eigenvalue weighted by Gasteiger charge is -2.30. The van der Waals surface area contributed by atoms with Crippen LogP contribution in [-0.2, 0) is 6.54 Å². The number of benzene rings is 2. The molecule has 174 valence electrons. The number of aromatic amines is 1. The van der Waals surface area contributed by atoms with Crippen molar-refractivity contribution in [2.45, 2.75) is 25.8 Å². The number of rotatable bonds is 6. The molecule has 1 aliphatic heterocycles. The van der Waals surface area contributed by atoms with Gasteiger partial charge in [-0.05, 0) is 78.9 Å². The van der Waals surface area contributed by atoms with E-state index in [-0.39, 0.29) is 17.3 Å². The molecule has 0 amide bonds. The molecule has 7 heteroatoms. The van der Waals surface area contributed by atoms with E-state index >= 15 is 0 Å². The Labute approximate surface area is 196 Å². The Bertz CT molecular complexity index is 1310. The quantitative estimate of drug-likeness (QED) is 0.441. The molecule has 4 aromatic rings. The third-order valence-corrected chi connectivity index (χ3v) is 6.46. The van der Waals surface area contributed by atoms with Gasteiger partial charge in [-0.25, -0.2) is 18.6 Å². The predicted octanol–water partition coefficient (Wildman–Crippen LogP) is 4.99. The molecule has 1 saturated heterocycles. The van der Waals surface area contributed by atoms with E-state index in [9.17, 15) is 13.6 Å². The summed E-state index contributed by atoms with van der Waals surface area (Å²) in [4.78, 5) is 21.8. The molecule has 0 spiro atoms. The molecular weight excluding hydrogens is 434 g/mol. The Balaban J connectivity index is 1.28. The SMILES string of the molecule is O=c1[nH]c2cccnc2n1CCCN1CCC(=C(c2ccc(F)cc2)c2ccc(F)cc2)CC1. The highest BCUT2D eigenvalue weighted by Crippen LogP contribution is 2.32. The number of aromatic nitrogens is 3. The Morgan fingerprint density at radius 2 is 1.50 bits per heavy atom. The summed E-state index contributed by atoms with van der Waals surface area (Å²) in [5.74, 6) is -0.543. The van der Waals surface area contributed by atoms with Gasteiger partial charge in [-0.2, -0.15) is 0 Å². The highest BCUT2D eigenvalue weighted by atomic mass is 19.1. The second kappa shape index (κ2) is 9.73. The lowest BCUT2D eigenvalue weighted by Crippen LogP contribution is -2.33. The summed E-state index contributed by atoms with van der Waals surface area (Å²) in [6.07, 6.45) is 4.33. The number of piperidine rings is 1. The van der Waals surface area contributed by atoms with E-state index < -0.39 is 0 Å². The summed E-state index contributed by atoms with van der Waals surface area (Å²) >= 11 is 0. The molecular formula is C27H26F2N4O. The zero-order valence-corrected chi connectivity index (χ0v) is 18.8. The van der Waals surface area contributed by atoms with E-state index in [2.05, 4.69) is 14.9 Å². The lowest BCUT2D eigenvalue weighted by atomic mass is 9.88. The van der Waals surface area contributed by atoms with Crippen molar-refractivity contribution in [2.75, 3.05) is 19.6 Å². The van der Waals surface area contributed by atoms with E-state index in [1.165, 1.54) is 29.8 Å². The van der Waals surface area contributed by atoms with E-state index in [0.29, 0.717) is 12.2 Å². The zero-order valence-electron chi connectivity index (χ0n) is 18.8. The Kier molecular flexibility index (Phi) is 6.36. The van der Waals surface area contributed by atoms with Crippen LogP contribution in [0, 0.1) is 11.6 Å². The van der Waals surface area contributed by atoms with Gasteiger partial charge in [-0.3, -0.25) is 4.57 Å². The Hall–Kier alpha value is -3.58.